The fourth-order valence-electron chi connectivity index (χ4n) is 2.09. The average Bonchev–Trinajstić information content (AvgIpc) is 2.56. The van der Waals surface area contributed by atoms with Gasteiger partial charge in [-0.15, -0.1) is 0 Å². The molecule has 2 aromatic rings. The Bertz CT molecular complexity index is 790. The third kappa shape index (κ3) is 5.42. The van der Waals surface area contributed by atoms with Gasteiger partial charge in [0, 0.05) is 24.0 Å². The summed E-state index contributed by atoms with van der Waals surface area (Å²) in [6, 6.07) is 13.4. The Kier molecular flexibility index (Phi) is 6.30. The molecule has 0 aliphatic carbocycles. The average molecular weight is 405 g/mol. The molecule has 0 radical (unpaired) electrons. The van der Waals surface area contributed by atoms with Gasteiger partial charge in [-0.25, -0.2) is 0 Å². The third-order valence-corrected chi connectivity index (χ3v) is 3.93. The van der Waals surface area contributed by atoms with Gasteiger partial charge < -0.3 is 15.0 Å². The Morgan fingerprint density at radius 3 is 2.32 bits per heavy atom. The summed E-state index contributed by atoms with van der Waals surface area (Å²) in [6.07, 6.45) is 0. The second-order valence-corrected chi connectivity index (χ2v) is 6.16. The number of amides is 2. The highest BCUT2D eigenvalue weighted by molar-refractivity contribution is 9.10. The van der Waals surface area contributed by atoms with Crippen molar-refractivity contribution in [2.45, 2.75) is 6.92 Å². The molecular weight excluding hydrogens is 388 g/mol. The molecule has 2 aromatic carbocycles. The van der Waals surface area contributed by atoms with Crippen molar-refractivity contribution in [2.24, 2.45) is 0 Å². The summed E-state index contributed by atoms with van der Waals surface area (Å²) in [6.45, 7) is 1.21. The molecule has 0 saturated carbocycles. The quantitative estimate of drug-likeness (QED) is 0.613. The van der Waals surface area contributed by atoms with Gasteiger partial charge >= 0.3 is 5.97 Å². The first-order valence-corrected chi connectivity index (χ1v) is 8.24. The molecule has 25 heavy (non-hydrogen) atoms. The van der Waals surface area contributed by atoms with Crippen molar-refractivity contribution < 1.29 is 19.1 Å². The van der Waals surface area contributed by atoms with Crippen LogP contribution >= 0.6 is 15.9 Å². The maximum absolute atomic E-state index is 12.4. The molecule has 0 saturated heterocycles. The number of halogens is 1. The predicted molar refractivity (Wildman–Crippen MR) is 97.5 cm³/mol. The van der Waals surface area contributed by atoms with E-state index in [1.165, 1.54) is 24.0 Å². The van der Waals surface area contributed by atoms with Gasteiger partial charge in [0.1, 0.15) is 5.75 Å². The molecule has 0 spiro atoms. The monoisotopic (exact) mass is 404 g/mol. The number of nitrogens with one attached hydrogen (secondary N) is 1. The van der Waals surface area contributed by atoms with E-state index < -0.39 is 5.97 Å². The van der Waals surface area contributed by atoms with Crippen molar-refractivity contribution in [2.75, 3.05) is 18.9 Å². The summed E-state index contributed by atoms with van der Waals surface area (Å²) in [5.74, 6) is -0.686. The van der Waals surface area contributed by atoms with Gasteiger partial charge in [-0.05, 0) is 52.3 Å². The number of hydrogen-bond acceptors (Lipinski definition) is 4. The molecule has 0 aromatic heterocycles. The van der Waals surface area contributed by atoms with Crippen molar-refractivity contribution in [3.63, 3.8) is 0 Å². The molecule has 0 aliphatic rings. The van der Waals surface area contributed by atoms with Crippen LogP contribution in [0.15, 0.2) is 53.0 Å². The Morgan fingerprint density at radius 2 is 1.72 bits per heavy atom. The van der Waals surface area contributed by atoms with Crippen LogP contribution in [0.1, 0.15) is 17.3 Å². The van der Waals surface area contributed by atoms with Crippen molar-refractivity contribution in [3.05, 3.63) is 58.6 Å². The lowest BCUT2D eigenvalue weighted by Gasteiger charge is -2.17. The first-order valence-electron chi connectivity index (χ1n) is 7.45. The second-order valence-electron chi connectivity index (χ2n) is 5.31. The minimum atomic E-state index is -0.431. The number of likely N-dealkylation sites (N-methyl/N-ethyl adjacent to an activating group) is 1. The highest BCUT2D eigenvalue weighted by atomic mass is 79.9. The molecule has 1 N–H and O–H groups in total. The summed E-state index contributed by atoms with van der Waals surface area (Å²) in [7, 11) is 1.54. The lowest BCUT2D eigenvalue weighted by molar-refractivity contribution is -0.131. The van der Waals surface area contributed by atoms with Crippen LogP contribution in [0.2, 0.25) is 0 Å². The summed E-state index contributed by atoms with van der Waals surface area (Å²) < 4.78 is 5.68. The van der Waals surface area contributed by atoms with E-state index in [1.54, 1.807) is 31.3 Å². The number of ether oxygens (including phenoxy) is 1. The van der Waals surface area contributed by atoms with Gasteiger partial charge in [0.05, 0.1) is 12.2 Å². The molecule has 2 amide bonds. The number of nitrogens with zero attached hydrogens (tertiary/aromatic N) is 1. The highest BCUT2D eigenvalue weighted by Gasteiger charge is 2.16. The molecule has 6 nitrogen and oxygen atoms in total. The van der Waals surface area contributed by atoms with Crippen molar-refractivity contribution in [3.8, 4) is 5.75 Å². The first-order chi connectivity index (χ1) is 11.9. The van der Waals surface area contributed by atoms with Gasteiger partial charge in [-0.2, -0.15) is 0 Å². The van der Waals surface area contributed by atoms with Crippen molar-refractivity contribution >= 4 is 39.4 Å². The predicted octanol–water partition coefficient (Wildman–Crippen LogP) is 3.09. The number of esters is 1. The van der Waals surface area contributed by atoms with E-state index in [0.717, 1.165) is 4.47 Å². The number of para-hydroxylation sites is 1. The fourth-order valence-corrected chi connectivity index (χ4v) is 2.48. The zero-order chi connectivity index (χ0) is 18.4. The van der Waals surface area contributed by atoms with Gasteiger partial charge in [0.2, 0.25) is 5.91 Å². The first kappa shape index (κ1) is 18.7. The minimum absolute atomic E-state index is 0.0914. The minimum Gasteiger partial charge on any atom is -0.427 e. The number of anilines is 1. The molecule has 130 valence electrons. The Labute approximate surface area is 153 Å². The molecule has 0 unspecified atom stereocenters. The maximum Gasteiger partial charge on any atom is 0.308 e. The number of hydrogen-bond donors (Lipinski definition) is 1. The smallest absolute Gasteiger partial charge is 0.308 e. The van der Waals surface area contributed by atoms with Crippen LogP contribution in [-0.2, 0) is 9.59 Å². The summed E-state index contributed by atoms with van der Waals surface area (Å²) >= 11 is 3.35. The van der Waals surface area contributed by atoms with Crippen LogP contribution in [0, 0.1) is 0 Å². The zero-order valence-corrected chi connectivity index (χ0v) is 15.4. The van der Waals surface area contributed by atoms with Crippen LogP contribution in [0.3, 0.4) is 0 Å². The van der Waals surface area contributed by atoms with Crippen LogP contribution < -0.4 is 10.1 Å². The number of benzene rings is 2. The highest BCUT2D eigenvalue weighted by Crippen LogP contribution is 2.21. The van der Waals surface area contributed by atoms with Crippen LogP contribution in [0.5, 0.6) is 5.75 Å². The van der Waals surface area contributed by atoms with Crippen molar-refractivity contribution in [1.82, 2.24) is 4.90 Å². The molecule has 0 aliphatic heterocycles. The number of carbonyl (C=O) groups is 3. The van der Waals surface area contributed by atoms with Crippen molar-refractivity contribution in [1.29, 1.82) is 0 Å². The number of rotatable bonds is 5. The Hall–Kier alpha value is -2.67. The van der Waals surface area contributed by atoms with E-state index in [2.05, 4.69) is 21.2 Å². The van der Waals surface area contributed by atoms with E-state index in [-0.39, 0.29) is 18.4 Å². The largest absolute Gasteiger partial charge is 0.427 e. The summed E-state index contributed by atoms with van der Waals surface area (Å²) in [5, 5.41) is 2.74. The lowest BCUT2D eigenvalue weighted by atomic mass is 10.2. The Morgan fingerprint density at radius 1 is 1.08 bits per heavy atom. The normalized spacial score (nSPS) is 10.0. The van der Waals surface area contributed by atoms with E-state index in [9.17, 15) is 14.4 Å². The van der Waals surface area contributed by atoms with Gasteiger partial charge in [0.25, 0.3) is 5.91 Å². The van der Waals surface area contributed by atoms with Crippen LogP contribution in [0.25, 0.3) is 0 Å². The van der Waals surface area contributed by atoms with E-state index in [4.69, 9.17) is 4.74 Å². The van der Waals surface area contributed by atoms with Crippen LogP contribution in [0.4, 0.5) is 5.69 Å². The molecule has 0 fully saturated rings. The summed E-state index contributed by atoms with van der Waals surface area (Å²) in [5.41, 5.74) is 1.03. The second kappa shape index (κ2) is 8.43. The molecule has 0 atom stereocenters. The zero-order valence-electron chi connectivity index (χ0n) is 13.8. The fraction of sp³-hybridized carbons (Fsp3) is 0.167. The summed E-state index contributed by atoms with van der Waals surface area (Å²) in [4.78, 5) is 36.7. The molecule has 7 heteroatoms. The van der Waals surface area contributed by atoms with Gasteiger partial charge in [-0.1, -0.05) is 12.1 Å². The lowest BCUT2D eigenvalue weighted by Crippen LogP contribution is -2.35. The Balaban J connectivity index is 1.96. The van der Waals surface area contributed by atoms with E-state index >= 15 is 0 Å². The van der Waals surface area contributed by atoms with E-state index in [0.29, 0.717) is 17.0 Å². The SMILES string of the molecule is CC(=O)Oc1ccc(C(=O)N(C)CC(=O)Nc2ccccc2Br)cc1. The van der Waals surface area contributed by atoms with Crippen LogP contribution in [-0.4, -0.2) is 36.3 Å². The van der Waals surface area contributed by atoms with E-state index in [1.807, 2.05) is 12.1 Å². The maximum atomic E-state index is 12.4. The molecular formula is C18H17BrN2O4. The topological polar surface area (TPSA) is 75.7 Å². The van der Waals surface area contributed by atoms with Gasteiger partial charge in [0.15, 0.2) is 0 Å². The molecule has 2 rings (SSSR count). The third-order valence-electron chi connectivity index (χ3n) is 3.24. The standard InChI is InChI=1S/C18H17BrN2O4/c1-12(22)25-14-9-7-13(8-10-14)18(24)21(2)11-17(23)20-16-6-4-3-5-15(16)19/h3-10H,11H2,1-2H3,(H,20,23). The number of carbonyl (C=O) groups excluding carboxylic acids is 3. The van der Waals surface area contributed by atoms with Gasteiger partial charge in [-0.3, -0.25) is 14.4 Å². The molecule has 0 heterocycles. The molecule has 0 bridgehead atoms.